The van der Waals surface area contributed by atoms with Gasteiger partial charge in [-0.15, -0.1) is 0 Å². The van der Waals surface area contributed by atoms with Crippen LogP contribution < -0.4 is 20.2 Å². The summed E-state index contributed by atoms with van der Waals surface area (Å²) < 4.78 is 10.7. The van der Waals surface area contributed by atoms with Crippen LogP contribution in [0.15, 0.2) is 41.5 Å². The Balaban J connectivity index is 1.92. The van der Waals surface area contributed by atoms with Crippen molar-refractivity contribution in [2.45, 2.75) is 20.3 Å². The highest BCUT2D eigenvalue weighted by Crippen LogP contribution is 2.34. The van der Waals surface area contributed by atoms with E-state index in [2.05, 4.69) is 15.8 Å². The normalized spacial score (nSPS) is 10.6. The van der Waals surface area contributed by atoms with E-state index in [1.54, 1.807) is 31.2 Å². The van der Waals surface area contributed by atoms with Gasteiger partial charge in [-0.25, -0.2) is 5.43 Å². The Kier molecular flexibility index (Phi) is 8.29. The Morgan fingerprint density at radius 3 is 2.52 bits per heavy atom. The van der Waals surface area contributed by atoms with E-state index in [0.717, 1.165) is 6.42 Å². The Hall–Kier alpha value is -3.26. The van der Waals surface area contributed by atoms with E-state index in [4.69, 9.17) is 21.1 Å². The fourth-order valence-electron chi connectivity index (χ4n) is 2.19. The number of benzene rings is 2. The number of amides is 2. The predicted molar refractivity (Wildman–Crippen MR) is 111 cm³/mol. The van der Waals surface area contributed by atoms with E-state index < -0.39 is 11.8 Å². The molecule has 2 aromatic rings. The monoisotopic (exact) mass is 419 g/mol. The number of hydrogen-bond donors (Lipinski definition) is 3. The first-order valence-electron chi connectivity index (χ1n) is 8.97. The van der Waals surface area contributed by atoms with Crippen LogP contribution >= 0.6 is 11.6 Å². The van der Waals surface area contributed by atoms with Gasteiger partial charge < -0.3 is 19.9 Å². The maximum Gasteiger partial charge on any atom is 0.329 e. The summed E-state index contributed by atoms with van der Waals surface area (Å²) >= 11 is 5.92. The van der Waals surface area contributed by atoms with Gasteiger partial charge in [-0.3, -0.25) is 9.59 Å². The number of phenols is 1. The molecule has 154 valence electrons. The lowest BCUT2D eigenvalue weighted by atomic mass is 10.2. The summed E-state index contributed by atoms with van der Waals surface area (Å²) in [5, 5.41) is 16.1. The summed E-state index contributed by atoms with van der Waals surface area (Å²) in [6, 6.07) is 9.61. The number of hydrazone groups is 1. The molecule has 2 rings (SSSR count). The number of ether oxygens (including phenoxy) is 2. The fraction of sp³-hybridized carbons (Fsp3) is 0.250. The standard InChI is InChI=1S/C20H22ClN3O5/c1-3-9-29-15-7-5-14(6-8-15)23-19(26)20(27)24-22-12-13-10-16(21)18(25)17(11-13)28-4-2/h5-8,10-12,25H,3-4,9H2,1-2H3,(H,23,26)(H,24,27)/b22-12-. The highest BCUT2D eigenvalue weighted by molar-refractivity contribution is 6.39. The van der Waals surface area contributed by atoms with Crippen LogP contribution in [-0.2, 0) is 9.59 Å². The maximum absolute atomic E-state index is 11.9. The fourth-order valence-corrected chi connectivity index (χ4v) is 2.41. The summed E-state index contributed by atoms with van der Waals surface area (Å²) in [6.45, 7) is 4.71. The average molecular weight is 420 g/mol. The summed E-state index contributed by atoms with van der Waals surface area (Å²) in [5.74, 6) is -1.12. The minimum atomic E-state index is -0.942. The molecule has 0 aromatic heterocycles. The number of aromatic hydroxyl groups is 1. The summed E-state index contributed by atoms with van der Waals surface area (Å²) in [4.78, 5) is 23.8. The number of anilines is 1. The second-order valence-electron chi connectivity index (χ2n) is 5.81. The zero-order valence-corrected chi connectivity index (χ0v) is 16.8. The van der Waals surface area contributed by atoms with E-state index in [1.807, 2.05) is 6.92 Å². The van der Waals surface area contributed by atoms with Gasteiger partial charge >= 0.3 is 11.8 Å². The van der Waals surface area contributed by atoms with Crippen LogP contribution in [0, 0.1) is 0 Å². The zero-order chi connectivity index (χ0) is 21.2. The maximum atomic E-state index is 11.9. The topological polar surface area (TPSA) is 109 Å². The molecule has 0 saturated carbocycles. The first kappa shape index (κ1) is 22.0. The molecule has 29 heavy (non-hydrogen) atoms. The lowest BCUT2D eigenvalue weighted by Gasteiger charge is -2.08. The van der Waals surface area contributed by atoms with Gasteiger partial charge in [0.05, 0.1) is 24.5 Å². The van der Waals surface area contributed by atoms with Gasteiger partial charge in [-0.2, -0.15) is 5.10 Å². The molecule has 0 atom stereocenters. The Morgan fingerprint density at radius 1 is 1.14 bits per heavy atom. The molecule has 0 aliphatic rings. The molecule has 0 aliphatic carbocycles. The van der Waals surface area contributed by atoms with Gasteiger partial charge in [0.25, 0.3) is 0 Å². The molecule has 2 amide bonds. The number of hydrogen-bond acceptors (Lipinski definition) is 6. The highest BCUT2D eigenvalue weighted by atomic mass is 35.5. The van der Waals surface area contributed by atoms with Crippen LogP contribution in [0.2, 0.25) is 5.02 Å². The minimum absolute atomic E-state index is 0.0767. The van der Waals surface area contributed by atoms with Crippen molar-refractivity contribution in [3.8, 4) is 17.2 Å². The molecule has 0 aliphatic heterocycles. The highest BCUT2D eigenvalue weighted by Gasteiger charge is 2.13. The van der Waals surface area contributed by atoms with Crippen LogP contribution in [-0.4, -0.2) is 36.3 Å². The van der Waals surface area contributed by atoms with Gasteiger partial charge in [0.15, 0.2) is 11.5 Å². The van der Waals surface area contributed by atoms with Crippen molar-refractivity contribution in [1.29, 1.82) is 0 Å². The van der Waals surface area contributed by atoms with Crippen molar-refractivity contribution in [3.63, 3.8) is 0 Å². The number of nitrogens with zero attached hydrogens (tertiary/aromatic N) is 1. The van der Waals surface area contributed by atoms with Gasteiger partial charge in [0, 0.05) is 5.69 Å². The van der Waals surface area contributed by atoms with Crippen molar-refractivity contribution in [1.82, 2.24) is 5.43 Å². The molecule has 8 nitrogen and oxygen atoms in total. The molecule has 0 fully saturated rings. The van der Waals surface area contributed by atoms with Gasteiger partial charge in [-0.05, 0) is 55.3 Å². The smallest absolute Gasteiger partial charge is 0.329 e. The first-order valence-corrected chi connectivity index (χ1v) is 9.35. The quantitative estimate of drug-likeness (QED) is 0.345. The van der Waals surface area contributed by atoms with Crippen LogP contribution in [0.1, 0.15) is 25.8 Å². The second-order valence-corrected chi connectivity index (χ2v) is 6.22. The number of phenolic OH excluding ortho intramolecular Hbond substituents is 1. The van der Waals surface area contributed by atoms with Gasteiger partial charge in [0.1, 0.15) is 5.75 Å². The van der Waals surface area contributed by atoms with Crippen molar-refractivity contribution in [3.05, 3.63) is 47.0 Å². The average Bonchev–Trinajstić information content (AvgIpc) is 2.71. The Morgan fingerprint density at radius 2 is 1.86 bits per heavy atom. The lowest BCUT2D eigenvalue weighted by Crippen LogP contribution is -2.32. The number of carbonyl (C=O) groups is 2. The number of rotatable bonds is 8. The van der Waals surface area contributed by atoms with Crippen LogP contribution in [0.3, 0.4) is 0 Å². The number of carbonyl (C=O) groups excluding carboxylic acids is 2. The van der Waals surface area contributed by atoms with Crippen LogP contribution in [0.25, 0.3) is 0 Å². The SMILES string of the molecule is CCCOc1ccc(NC(=O)C(=O)N/N=C\c2cc(Cl)c(O)c(OCC)c2)cc1. The molecule has 0 radical (unpaired) electrons. The third-order valence-electron chi connectivity index (χ3n) is 3.52. The third kappa shape index (κ3) is 6.69. The summed E-state index contributed by atoms with van der Waals surface area (Å²) in [6.07, 6.45) is 2.17. The molecule has 0 unspecified atom stereocenters. The zero-order valence-electron chi connectivity index (χ0n) is 16.1. The number of halogens is 1. The molecule has 9 heteroatoms. The van der Waals surface area contributed by atoms with Gasteiger partial charge in [0.2, 0.25) is 0 Å². The summed E-state index contributed by atoms with van der Waals surface area (Å²) in [7, 11) is 0. The minimum Gasteiger partial charge on any atom is -0.503 e. The molecular weight excluding hydrogens is 398 g/mol. The molecule has 3 N–H and O–H groups in total. The third-order valence-corrected chi connectivity index (χ3v) is 3.81. The Labute approximate surface area is 173 Å². The van der Waals surface area contributed by atoms with Crippen molar-refractivity contribution < 1.29 is 24.2 Å². The first-order chi connectivity index (χ1) is 13.9. The largest absolute Gasteiger partial charge is 0.503 e. The van der Waals surface area contributed by atoms with Crippen molar-refractivity contribution >= 4 is 35.3 Å². The molecule has 0 heterocycles. The van der Waals surface area contributed by atoms with E-state index in [1.165, 1.54) is 18.3 Å². The Bertz CT molecular complexity index is 884. The molecule has 0 bridgehead atoms. The van der Waals surface area contributed by atoms with Gasteiger partial charge in [-0.1, -0.05) is 18.5 Å². The van der Waals surface area contributed by atoms with Crippen LogP contribution in [0.5, 0.6) is 17.2 Å². The van der Waals surface area contributed by atoms with E-state index in [-0.39, 0.29) is 16.5 Å². The van der Waals surface area contributed by atoms with Crippen molar-refractivity contribution in [2.24, 2.45) is 5.10 Å². The molecule has 2 aromatic carbocycles. The van der Waals surface area contributed by atoms with E-state index in [0.29, 0.717) is 30.2 Å². The predicted octanol–water partition coefficient (Wildman–Crippen LogP) is 3.32. The second kappa shape index (κ2) is 10.9. The van der Waals surface area contributed by atoms with Crippen molar-refractivity contribution in [2.75, 3.05) is 18.5 Å². The van der Waals surface area contributed by atoms with E-state index >= 15 is 0 Å². The lowest BCUT2D eigenvalue weighted by molar-refractivity contribution is -0.136. The van der Waals surface area contributed by atoms with E-state index in [9.17, 15) is 14.7 Å². The number of nitrogens with one attached hydrogen (secondary N) is 2. The molecule has 0 spiro atoms. The molecule has 0 saturated heterocycles. The van der Waals surface area contributed by atoms with Crippen LogP contribution in [0.4, 0.5) is 5.69 Å². The molecular formula is C20H22ClN3O5. The summed E-state index contributed by atoms with van der Waals surface area (Å²) in [5.41, 5.74) is 3.04.